The molecule has 9 heteroatoms. The second kappa shape index (κ2) is 6.84. The van der Waals surface area contributed by atoms with Gasteiger partial charge in [-0.15, -0.1) is 0 Å². The Morgan fingerprint density at radius 1 is 1.11 bits per heavy atom. The van der Waals surface area contributed by atoms with E-state index in [2.05, 4.69) is 0 Å². The molecule has 0 saturated heterocycles. The van der Waals surface area contributed by atoms with Gasteiger partial charge in [-0.2, -0.15) is 0 Å². The molecule has 0 radical (unpaired) electrons. The number of hydrogen-bond acceptors (Lipinski definition) is 7. The van der Waals surface area contributed by atoms with Crippen LogP contribution < -0.4 is 9.47 Å². The van der Waals surface area contributed by atoms with Crippen LogP contribution in [0.1, 0.15) is 32.4 Å². The maximum atomic E-state index is 11.3. The molecule has 1 heterocycles. The van der Waals surface area contributed by atoms with Crippen molar-refractivity contribution in [2.75, 3.05) is 6.61 Å². The summed E-state index contributed by atoms with van der Waals surface area (Å²) < 4.78 is 17.5. The summed E-state index contributed by atoms with van der Waals surface area (Å²) in [4.78, 5) is 20.8. The fourth-order valence-corrected chi connectivity index (χ4v) is 3.04. The highest BCUT2D eigenvalue weighted by atomic mass is 16.6. The second-order valence-electron chi connectivity index (χ2n) is 6.48. The van der Waals surface area contributed by atoms with Crippen LogP contribution >= 0.6 is 0 Å². The Kier molecular flexibility index (Phi) is 4.71. The molecule has 0 aliphatic carbocycles. The zero-order chi connectivity index (χ0) is 19.8. The normalized spacial score (nSPS) is 17.1. The average molecular weight is 374 g/mol. The molecule has 142 valence electrons. The first-order valence-corrected chi connectivity index (χ1v) is 8.28. The van der Waals surface area contributed by atoms with Gasteiger partial charge >= 0.3 is 5.69 Å². The van der Waals surface area contributed by atoms with E-state index < -0.39 is 21.1 Å². The van der Waals surface area contributed by atoms with Gasteiger partial charge in [-0.05, 0) is 32.9 Å². The summed E-state index contributed by atoms with van der Waals surface area (Å²) in [6, 6.07) is 8.43. The Bertz CT molecular complexity index is 911. The Morgan fingerprint density at radius 3 is 2.48 bits per heavy atom. The van der Waals surface area contributed by atoms with Gasteiger partial charge in [0, 0.05) is 18.2 Å². The topological polar surface area (TPSA) is 114 Å². The van der Waals surface area contributed by atoms with Crippen LogP contribution in [0.2, 0.25) is 0 Å². The summed E-state index contributed by atoms with van der Waals surface area (Å²) in [5.41, 5.74) is -0.746. The van der Waals surface area contributed by atoms with Crippen molar-refractivity contribution in [3.63, 3.8) is 0 Å². The van der Waals surface area contributed by atoms with Gasteiger partial charge in [0.1, 0.15) is 11.7 Å². The third kappa shape index (κ3) is 3.41. The maximum Gasteiger partial charge on any atom is 0.318 e. The molecular weight excluding hydrogens is 356 g/mol. The monoisotopic (exact) mass is 374 g/mol. The lowest BCUT2D eigenvalue weighted by Gasteiger charge is -2.25. The molecule has 1 aliphatic heterocycles. The molecule has 9 nitrogen and oxygen atoms in total. The lowest BCUT2D eigenvalue weighted by Crippen LogP contribution is -2.31. The van der Waals surface area contributed by atoms with Gasteiger partial charge in [-0.3, -0.25) is 20.2 Å². The summed E-state index contributed by atoms with van der Waals surface area (Å²) in [5.74, 6) is 0.605. The number of non-ortho nitro benzene ring substituents is 1. The minimum absolute atomic E-state index is 0.111. The second-order valence-corrected chi connectivity index (χ2v) is 6.48. The highest BCUT2D eigenvalue weighted by Crippen LogP contribution is 2.51. The zero-order valence-corrected chi connectivity index (χ0v) is 15.0. The largest absolute Gasteiger partial charge is 0.480 e. The number of ether oxygens (including phenoxy) is 3. The molecular formula is C18H18N2O7. The quantitative estimate of drug-likeness (QED) is 0.538. The van der Waals surface area contributed by atoms with Gasteiger partial charge in [-0.1, -0.05) is 12.1 Å². The zero-order valence-electron chi connectivity index (χ0n) is 15.0. The van der Waals surface area contributed by atoms with E-state index in [1.54, 1.807) is 12.1 Å². The molecule has 0 aromatic heterocycles. The molecule has 0 N–H and O–H groups in total. The molecule has 2 aromatic rings. The van der Waals surface area contributed by atoms with Gasteiger partial charge < -0.3 is 14.2 Å². The standard InChI is InChI=1S/C18H18N2O7/c1-4-25-17-12-6-5-7-15(16(12)27-18(17,2)3)26-14-9-8-11(19(21)22)10-13(14)20(23)24/h5-10,17H,4H2,1-3H3. The molecule has 0 fully saturated rings. The first-order chi connectivity index (χ1) is 12.7. The number of benzene rings is 2. The van der Waals surface area contributed by atoms with E-state index in [-0.39, 0.29) is 23.3 Å². The van der Waals surface area contributed by atoms with Crippen molar-refractivity contribution in [3.05, 3.63) is 62.2 Å². The number of para-hydroxylation sites is 1. The van der Waals surface area contributed by atoms with E-state index >= 15 is 0 Å². The van der Waals surface area contributed by atoms with Gasteiger partial charge in [0.25, 0.3) is 5.69 Å². The van der Waals surface area contributed by atoms with Crippen molar-refractivity contribution in [3.8, 4) is 17.2 Å². The predicted octanol–water partition coefficient (Wildman–Crippen LogP) is 4.54. The van der Waals surface area contributed by atoms with Crippen molar-refractivity contribution >= 4 is 11.4 Å². The highest BCUT2D eigenvalue weighted by Gasteiger charge is 2.43. The van der Waals surface area contributed by atoms with E-state index in [1.807, 2.05) is 26.8 Å². The summed E-state index contributed by atoms with van der Waals surface area (Å²) in [5, 5.41) is 22.2. The minimum Gasteiger partial charge on any atom is -0.480 e. The summed E-state index contributed by atoms with van der Waals surface area (Å²) in [6.07, 6.45) is -0.312. The SMILES string of the molecule is CCOC1c2cccc(Oc3ccc([N+](=O)[O-])cc3[N+](=O)[O-])c2OC1(C)C. The van der Waals surface area contributed by atoms with Crippen molar-refractivity contribution in [1.82, 2.24) is 0 Å². The smallest absolute Gasteiger partial charge is 0.318 e. The van der Waals surface area contributed by atoms with Crippen LogP contribution in [0.15, 0.2) is 36.4 Å². The molecule has 1 unspecified atom stereocenters. The van der Waals surface area contributed by atoms with E-state index in [9.17, 15) is 20.2 Å². The molecule has 1 atom stereocenters. The summed E-state index contributed by atoms with van der Waals surface area (Å²) in [7, 11) is 0. The molecule has 27 heavy (non-hydrogen) atoms. The van der Waals surface area contributed by atoms with Crippen LogP contribution in [0.3, 0.4) is 0 Å². The average Bonchev–Trinajstić information content (AvgIpc) is 2.86. The number of hydrogen-bond donors (Lipinski definition) is 0. The first-order valence-electron chi connectivity index (χ1n) is 8.28. The Labute approximate surface area is 154 Å². The van der Waals surface area contributed by atoms with E-state index in [0.29, 0.717) is 12.4 Å². The lowest BCUT2D eigenvalue weighted by molar-refractivity contribution is -0.394. The molecule has 3 rings (SSSR count). The van der Waals surface area contributed by atoms with Crippen molar-refractivity contribution < 1.29 is 24.1 Å². The minimum atomic E-state index is -0.723. The summed E-state index contributed by atoms with van der Waals surface area (Å²) >= 11 is 0. The lowest BCUT2D eigenvalue weighted by atomic mass is 9.97. The van der Waals surface area contributed by atoms with Crippen molar-refractivity contribution in [2.24, 2.45) is 0 Å². The molecule has 0 bridgehead atoms. The van der Waals surface area contributed by atoms with Crippen molar-refractivity contribution in [2.45, 2.75) is 32.5 Å². The fourth-order valence-electron chi connectivity index (χ4n) is 3.04. The van der Waals surface area contributed by atoms with Crippen LogP contribution in [0.25, 0.3) is 0 Å². The first kappa shape index (κ1) is 18.6. The number of nitrogens with zero attached hydrogens (tertiary/aromatic N) is 2. The van der Waals surface area contributed by atoms with Gasteiger partial charge in [0.2, 0.25) is 5.75 Å². The van der Waals surface area contributed by atoms with E-state index in [4.69, 9.17) is 14.2 Å². The third-order valence-electron chi connectivity index (χ3n) is 4.19. The van der Waals surface area contributed by atoms with Gasteiger partial charge in [0.15, 0.2) is 11.5 Å². The van der Waals surface area contributed by atoms with Gasteiger partial charge in [0.05, 0.1) is 15.9 Å². The van der Waals surface area contributed by atoms with Crippen LogP contribution in [0, 0.1) is 20.2 Å². The Hall–Kier alpha value is -3.20. The van der Waals surface area contributed by atoms with Crippen LogP contribution in [-0.2, 0) is 4.74 Å². The molecule has 2 aromatic carbocycles. The number of fused-ring (bicyclic) bond motifs is 1. The molecule has 0 amide bonds. The van der Waals surface area contributed by atoms with Crippen LogP contribution in [0.5, 0.6) is 17.2 Å². The van der Waals surface area contributed by atoms with Crippen LogP contribution in [-0.4, -0.2) is 22.1 Å². The van der Waals surface area contributed by atoms with E-state index in [0.717, 1.165) is 17.7 Å². The molecule has 1 aliphatic rings. The summed E-state index contributed by atoms with van der Waals surface area (Å²) in [6.45, 7) is 6.14. The highest BCUT2D eigenvalue weighted by molar-refractivity contribution is 5.58. The van der Waals surface area contributed by atoms with Gasteiger partial charge in [-0.25, -0.2) is 0 Å². The number of nitro groups is 2. The Balaban J connectivity index is 2.02. The van der Waals surface area contributed by atoms with Crippen LogP contribution in [0.4, 0.5) is 11.4 Å². The molecule has 0 spiro atoms. The number of nitro benzene ring substituents is 2. The van der Waals surface area contributed by atoms with Crippen molar-refractivity contribution in [1.29, 1.82) is 0 Å². The maximum absolute atomic E-state index is 11.3. The predicted molar refractivity (Wildman–Crippen MR) is 95.3 cm³/mol. The Morgan fingerprint density at radius 2 is 1.85 bits per heavy atom. The third-order valence-corrected chi connectivity index (χ3v) is 4.19. The fraction of sp³-hybridized carbons (Fsp3) is 0.333. The number of rotatable bonds is 6. The molecule has 0 saturated carbocycles. The van der Waals surface area contributed by atoms with E-state index in [1.165, 1.54) is 6.07 Å².